The number of alkyl halides is 3. The molecule has 0 bridgehead atoms. The van der Waals surface area contributed by atoms with Gasteiger partial charge < -0.3 is 10.1 Å². The van der Waals surface area contributed by atoms with Crippen molar-refractivity contribution in [3.8, 4) is 5.75 Å². The van der Waals surface area contributed by atoms with E-state index in [-0.39, 0.29) is 16.5 Å². The van der Waals surface area contributed by atoms with E-state index >= 15 is 0 Å². The number of amides is 1. The molecule has 0 saturated carbocycles. The first-order valence-electron chi connectivity index (χ1n) is 8.04. The fourth-order valence-electron chi connectivity index (χ4n) is 2.50. The SMILES string of the molecule is O=C(Cn1[nH]c(=O)c2ccccc2c1=O)Nc1ccc(OCC(F)(F)F)cc1. The first-order valence-corrected chi connectivity index (χ1v) is 8.04. The molecule has 2 aromatic carbocycles. The Morgan fingerprint density at radius 2 is 1.68 bits per heavy atom. The van der Waals surface area contributed by atoms with Crippen LogP contribution in [0.5, 0.6) is 5.75 Å². The van der Waals surface area contributed by atoms with Gasteiger partial charge in [-0.2, -0.15) is 13.2 Å². The summed E-state index contributed by atoms with van der Waals surface area (Å²) >= 11 is 0. The maximum atomic E-state index is 12.4. The van der Waals surface area contributed by atoms with E-state index in [2.05, 4.69) is 15.2 Å². The summed E-state index contributed by atoms with van der Waals surface area (Å²) in [6, 6.07) is 11.5. The number of carbonyl (C=O) groups is 1. The summed E-state index contributed by atoms with van der Waals surface area (Å²) in [5.41, 5.74) is -0.740. The highest BCUT2D eigenvalue weighted by molar-refractivity contribution is 5.90. The molecule has 3 aromatic rings. The number of aromatic nitrogens is 2. The fraction of sp³-hybridized carbons (Fsp3) is 0.167. The predicted octanol–water partition coefficient (Wildman–Crippen LogP) is 2.27. The maximum absolute atomic E-state index is 12.4. The number of hydrogen-bond donors (Lipinski definition) is 2. The number of H-pyrrole nitrogens is 1. The minimum absolute atomic E-state index is 0.00889. The van der Waals surface area contributed by atoms with Crippen molar-refractivity contribution >= 4 is 22.4 Å². The van der Waals surface area contributed by atoms with Crippen molar-refractivity contribution in [2.45, 2.75) is 12.7 Å². The second kappa shape index (κ2) is 7.59. The van der Waals surface area contributed by atoms with Crippen LogP contribution in [0.3, 0.4) is 0 Å². The van der Waals surface area contributed by atoms with Crippen LogP contribution >= 0.6 is 0 Å². The van der Waals surface area contributed by atoms with Gasteiger partial charge in [0.25, 0.3) is 11.1 Å². The molecule has 146 valence electrons. The second-order valence-corrected chi connectivity index (χ2v) is 5.85. The molecule has 3 rings (SSSR count). The molecule has 0 aliphatic heterocycles. The lowest BCUT2D eigenvalue weighted by atomic mass is 10.2. The molecular weight excluding hydrogens is 379 g/mol. The second-order valence-electron chi connectivity index (χ2n) is 5.85. The van der Waals surface area contributed by atoms with Crippen LogP contribution in [-0.2, 0) is 11.3 Å². The number of benzene rings is 2. The molecule has 0 spiro atoms. The van der Waals surface area contributed by atoms with Crippen molar-refractivity contribution in [3.05, 3.63) is 69.2 Å². The number of nitrogens with one attached hydrogen (secondary N) is 2. The van der Waals surface area contributed by atoms with Crippen molar-refractivity contribution < 1.29 is 22.7 Å². The number of carbonyl (C=O) groups excluding carboxylic acids is 1. The minimum Gasteiger partial charge on any atom is -0.484 e. The molecule has 0 radical (unpaired) electrons. The van der Waals surface area contributed by atoms with Gasteiger partial charge >= 0.3 is 6.18 Å². The average molecular weight is 393 g/mol. The summed E-state index contributed by atoms with van der Waals surface area (Å²) in [4.78, 5) is 36.5. The van der Waals surface area contributed by atoms with Crippen LogP contribution in [0.4, 0.5) is 18.9 Å². The summed E-state index contributed by atoms with van der Waals surface area (Å²) in [7, 11) is 0. The standard InChI is InChI=1S/C18H14F3N3O4/c19-18(20,21)10-28-12-7-5-11(6-8-12)22-15(25)9-24-17(27)14-4-2-1-3-13(14)16(26)23-24/h1-8H,9-10H2,(H,22,25)(H,23,26). The van der Waals surface area contributed by atoms with E-state index < -0.39 is 36.4 Å². The average Bonchev–Trinajstić information content (AvgIpc) is 2.65. The lowest BCUT2D eigenvalue weighted by Crippen LogP contribution is -2.34. The number of fused-ring (bicyclic) bond motifs is 1. The lowest BCUT2D eigenvalue weighted by Gasteiger charge is -2.11. The minimum atomic E-state index is -4.45. The molecule has 10 heteroatoms. The number of aromatic amines is 1. The van der Waals surface area contributed by atoms with Gasteiger partial charge in [-0.3, -0.25) is 19.5 Å². The molecule has 1 heterocycles. The summed E-state index contributed by atoms with van der Waals surface area (Å²) in [6.07, 6.45) is -4.45. The molecule has 28 heavy (non-hydrogen) atoms. The molecule has 1 aromatic heterocycles. The van der Waals surface area contributed by atoms with Crippen molar-refractivity contribution in [2.24, 2.45) is 0 Å². The van der Waals surface area contributed by atoms with Crippen LogP contribution < -0.4 is 21.2 Å². The molecule has 2 N–H and O–H groups in total. The van der Waals surface area contributed by atoms with E-state index in [1.165, 1.54) is 36.4 Å². The number of hydrogen-bond acceptors (Lipinski definition) is 4. The van der Waals surface area contributed by atoms with E-state index in [9.17, 15) is 27.6 Å². The molecule has 0 unspecified atom stereocenters. The Morgan fingerprint density at radius 1 is 1.04 bits per heavy atom. The summed E-state index contributed by atoms with van der Waals surface area (Å²) in [6.45, 7) is -1.86. The zero-order chi connectivity index (χ0) is 20.3. The van der Waals surface area contributed by atoms with Gasteiger partial charge in [0.2, 0.25) is 5.91 Å². The Morgan fingerprint density at radius 3 is 2.32 bits per heavy atom. The third-order valence-electron chi connectivity index (χ3n) is 3.73. The quantitative estimate of drug-likeness (QED) is 0.696. The molecule has 0 fully saturated rings. The van der Waals surface area contributed by atoms with E-state index in [1.54, 1.807) is 12.1 Å². The van der Waals surface area contributed by atoms with Gasteiger partial charge in [0.05, 0.1) is 10.8 Å². The fourth-order valence-corrected chi connectivity index (χ4v) is 2.50. The van der Waals surface area contributed by atoms with Gasteiger partial charge in [-0.1, -0.05) is 12.1 Å². The lowest BCUT2D eigenvalue weighted by molar-refractivity contribution is -0.153. The monoisotopic (exact) mass is 393 g/mol. The molecule has 0 atom stereocenters. The molecule has 0 aliphatic rings. The summed E-state index contributed by atoms with van der Waals surface area (Å²) < 4.78 is 41.8. The Kier molecular flexibility index (Phi) is 5.21. The summed E-state index contributed by atoms with van der Waals surface area (Å²) in [5.74, 6) is -0.609. The molecule has 0 saturated heterocycles. The van der Waals surface area contributed by atoms with E-state index in [1.807, 2.05) is 0 Å². The van der Waals surface area contributed by atoms with Crippen LogP contribution in [0.2, 0.25) is 0 Å². The molecule has 1 amide bonds. The highest BCUT2D eigenvalue weighted by Crippen LogP contribution is 2.20. The number of anilines is 1. The number of ether oxygens (including phenoxy) is 1. The summed E-state index contributed by atoms with van der Waals surface area (Å²) in [5, 5.41) is 5.23. The predicted molar refractivity (Wildman–Crippen MR) is 95.5 cm³/mol. The van der Waals surface area contributed by atoms with Gasteiger partial charge in [0.1, 0.15) is 12.3 Å². The van der Waals surface area contributed by atoms with E-state index in [4.69, 9.17) is 0 Å². The highest BCUT2D eigenvalue weighted by atomic mass is 19.4. The first-order chi connectivity index (χ1) is 13.2. The largest absolute Gasteiger partial charge is 0.484 e. The molecule has 0 aliphatic carbocycles. The maximum Gasteiger partial charge on any atom is 0.422 e. The van der Waals surface area contributed by atoms with Crippen LogP contribution in [-0.4, -0.2) is 28.5 Å². The van der Waals surface area contributed by atoms with Crippen molar-refractivity contribution in [1.29, 1.82) is 0 Å². The third-order valence-corrected chi connectivity index (χ3v) is 3.73. The van der Waals surface area contributed by atoms with Crippen molar-refractivity contribution in [2.75, 3.05) is 11.9 Å². The topological polar surface area (TPSA) is 93.2 Å². The zero-order valence-electron chi connectivity index (χ0n) is 14.2. The Bertz CT molecular complexity index is 1120. The van der Waals surface area contributed by atoms with Gasteiger partial charge in [-0.15, -0.1) is 0 Å². The van der Waals surface area contributed by atoms with Gasteiger partial charge in [-0.05, 0) is 36.4 Å². The van der Waals surface area contributed by atoms with Crippen LogP contribution in [0.1, 0.15) is 0 Å². The van der Waals surface area contributed by atoms with Gasteiger partial charge in [0, 0.05) is 5.69 Å². The molecule has 7 nitrogen and oxygen atoms in total. The molecular formula is C18H14F3N3O4. The number of nitrogens with zero attached hydrogens (tertiary/aromatic N) is 1. The van der Waals surface area contributed by atoms with Crippen LogP contribution in [0, 0.1) is 0 Å². The van der Waals surface area contributed by atoms with Crippen LogP contribution in [0.15, 0.2) is 58.1 Å². The normalized spacial score (nSPS) is 11.4. The first kappa shape index (κ1) is 19.2. The van der Waals surface area contributed by atoms with Crippen molar-refractivity contribution in [3.63, 3.8) is 0 Å². The number of halogens is 3. The zero-order valence-corrected chi connectivity index (χ0v) is 14.2. The Labute approximate surface area is 155 Å². The van der Waals surface area contributed by atoms with Gasteiger partial charge in [-0.25, -0.2) is 4.68 Å². The Balaban J connectivity index is 1.69. The third kappa shape index (κ3) is 4.58. The number of rotatable bonds is 5. The van der Waals surface area contributed by atoms with E-state index in [0.29, 0.717) is 5.69 Å². The van der Waals surface area contributed by atoms with E-state index in [0.717, 1.165) is 4.68 Å². The van der Waals surface area contributed by atoms with Crippen LogP contribution in [0.25, 0.3) is 10.8 Å². The van der Waals surface area contributed by atoms with Gasteiger partial charge in [0.15, 0.2) is 6.61 Å². The Hall–Kier alpha value is -3.56. The highest BCUT2D eigenvalue weighted by Gasteiger charge is 2.28. The smallest absolute Gasteiger partial charge is 0.422 e. The van der Waals surface area contributed by atoms with Crippen molar-refractivity contribution in [1.82, 2.24) is 9.78 Å².